The SMILES string of the molecule is O=[n+]1[nH]oc[c]1[K]. The number of aromatic amines is 1. The molecule has 0 aliphatic heterocycles. The molecular weight excluding hydrogens is 123 g/mol. The Morgan fingerprint density at radius 2 is 2.71 bits per heavy atom. The van der Waals surface area contributed by atoms with Crippen LogP contribution in [0, 0.1) is 4.91 Å². The fraction of sp³-hybridized carbons (Fsp3) is 0. The van der Waals surface area contributed by atoms with E-state index in [-0.39, 0.29) is 0 Å². The number of hydrogen-bond acceptors (Lipinski definition) is 2. The quantitative estimate of drug-likeness (QED) is 0.332. The second-order valence-electron chi connectivity index (χ2n) is 1.26. The first-order valence-corrected chi connectivity index (χ1v) is 3.42. The maximum absolute atomic E-state index is 10.2. The zero-order valence-corrected chi connectivity index (χ0v) is 6.96. The van der Waals surface area contributed by atoms with Crippen molar-refractivity contribution in [1.82, 2.24) is 5.27 Å². The summed E-state index contributed by atoms with van der Waals surface area (Å²) in [6.07, 6.45) is 1.42. The van der Waals surface area contributed by atoms with Crippen LogP contribution < -0.4 is 4.33 Å². The van der Waals surface area contributed by atoms with E-state index in [1.807, 2.05) is 0 Å². The van der Waals surface area contributed by atoms with Gasteiger partial charge in [0, 0.05) is 0 Å². The zero-order chi connectivity index (χ0) is 5.28. The van der Waals surface area contributed by atoms with Gasteiger partial charge in [0.2, 0.25) is 0 Å². The van der Waals surface area contributed by atoms with Crippen LogP contribution in [0.3, 0.4) is 0 Å². The second-order valence-corrected chi connectivity index (χ2v) is 2.86. The number of hydrogen-bond donors (Lipinski definition) is 1. The van der Waals surface area contributed by atoms with Crippen LogP contribution >= 0.6 is 0 Å². The Morgan fingerprint density at radius 1 is 2.00 bits per heavy atom. The molecule has 0 saturated heterocycles. The van der Waals surface area contributed by atoms with Crippen molar-refractivity contribution in [2.75, 3.05) is 0 Å². The predicted molar refractivity (Wildman–Crippen MR) is 21.8 cm³/mol. The Balaban J connectivity index is 3.39. The van der Waals surface area contributed by atoms with Crippen molar-refractivity contribution >= 4 is 48.7 Å². The summed E-state index contributed by atoms with van der Waals surface area (Å²) in [4.78, 5) is 10.2. The monoisotopic (exact) mass is 125 g/mol. The molecule has 0 atom stereocenters. The average molecular weight is 125 g/mol. The summed E-state index contributed by atoms with van der Waals surface area (Å²) in [7, 11) is 0. The first kappa shape index (κ1) is 5.71. The molecule has 1 heterocycles. The van der Waals surface area contributed by atoms with E-state index in [1.54, 1.807) is 0 Å². The first-order chi connectivity index (χ1) is 3.30. The molecule has 32 valence electrons. The van der Waals surface area contributed by atoms with Crippen molar-refractivity contribution in [1.29, 1.82) is 0 Å². The van der Waals surface area contributed by atoms with Crippen LogP contribution in [0.4, 0.5) is 0 Å². The van der Waals surface area contributed by atoms with Crippen molar-refractivity contribution in [2.45, 2.75) is 0 Å². The van der Waals surface area contributed by atoms with Gasteiger partial charge < -0.3 is 0 Å². The van der Waals surface area contributed by atoms with Gasteiger partial charge in [-0.2, -0.15) is 0 Å². The molecule has 0 aromatic carbocycles. The molecule has 5 heteroatoms. The normalized spacial score (nSPS) is 9.43. The number of nitrogens with zero attached hydrogens (tertiary/aromatic N) is 1. The van der Waals surface area contributed by atoms with E-state index in [0.29, 0.717) is 53.3 Å². The van der Waals surface area contributed by atoms with E-state index in [0.717, 1.165) is 0 Å². The minimum absolute atomic E-state index is 0.401. The molecule has 1 rings (SSSR count). The van der Waals surface area contributed by atoms with Gasteiger partial charge in [-0.25, -0.2) is 0 Å². The van der Waals surface area contributed by atoms with Gasteiger partial charge in [-0.1, -0.05) is 0 Å². The number of H-pyrrole nitrogens is 1. The third kappa shape index (κ3) is 1.23. The van der Waals surface area contributed by atoms with Crippen molar-refractivity contribution in [3.63, 3.8) is 0 Å². The molecule has 0 radical (unpaired) electrons. The molecule has 1 aromatic heterocycles. The predicted octanol–water partition coefficient (Wildman–Crippen LogP) is -1.68. The van der Waals surface area contributed by atoms with Crippen LogP contribution in [0.15, 0.2) is 10.8 Å². The molecule has 0 aliphatic rings. The Bertz CT molecular complexity index is 201. The third-order valence-corrected chi connectivity index (χ3v) is 1.69. The van der Waals surface area contributed by atoms with Gasteiger partial charge in [0.1, 0.15) is 0 Å². The summed E-state index contributed by atoms with van der Waals surface area (Å²) >= 11 is 0.401. The van der Waals surface area contributed by atoms with Crippen LogP contribution in [0.1, 0.15) is 0 Å². The molecule has 0 amide bonds. The molecule has 0 fully saturated rings. The van der Waals surface area contributed by atoms with E-state index in [2.05, 4.69) is 9.79 Å². The van der Waals surface area contributed by atoms with E-state index in [1.165, 1.54) is 6.26 Å². The van der Waals surface area contributed by atoms with Gasteiger partial charge in [0.05, 0.1) is 0 Å². The van der Waals surface area contributed by atoms with Crippen molar-refractivity contribution in [2.24, 2.45) is 0 Å². The summed E-state index contributed by atoms with van der Waals surface area (Å²) in [6.45, 7) is 0. The molecule has 1 N–H and O–H groups in total. The number of rotatable bonds is 0. The van der Waals surface area contributed by atoms with Crippen LogP contribution in [0.25, 0.3) is 0 Å². The third-order valence-electron chi connectivity index (χ3n) is 0.685. The topological polar surface area (TPSA) is 51.9 Å². The molecule has 0 saturated carbocycles. The van der Waals surface area contributed by atoms with Gasteiger partial charge in [0.15, 0.2) is 0 Å². The zero-order valence-electron chi connectivity index (χ0n) is 3.84. The van der Waals surface area contributed by atoms with Gasteiger partial charge in [0.25, 0.3) is 0 Å². The summed E-state index contributed by atoms with van der Waals surface area (Å²) in [5, 5.41) is 2.10. The van der Waals surface area contributed by atoms with Gasteiger partial charge >= 0.3 is 74.2 Å². The van der Waals surface area contributed by atoms with E-state index < -0.39 is 0 Å². The Labute approximate surface area is 73.0 Å². The van der Waals surface area contributed by atoms with E-state index >= 15 is 0 Å². The molecule has 4 nitrogen and oxygen atoms in total. The minimum atomic E-state index is 0.401. The molecule has 0 spiro atoms. The van der Waals surface area contributed by atoms with Crippen LogP contribution in [-0.2, 0) is 0 Å². The fourth-order valence-corrected chi connectivity index (χ4v) is 0.606. The summed E-state index contributed by atoms with van der Waals surface area (Å²) < 4.78 is 5.76. The molecule has 0 aliphatic carbocycles. The summed E-state index contributed by atoms with van der Waals surface area (Å²) in [5.41, 5.74) is 0. The second kappa shape index (κ2) is 2.23. The van der Waals surface area contributed by atoms with Gasteiger partial charge in [-0.05, 0) is 0 Å². The first-order valence-electron chi connectivity index (χ1n) is 1.86. The summed E-state index contributed by atoms with van der Waals surface area (Å²) in [5.74, 6) is 0. The maximum atomic E-state index is 10.2. The van der Waals surface area contributed by atoms with Crippen molar-refractivity contribution in [3.8, 4) is 0 Å². The van der Waals surface area contributed by atoms with Crippen LogP contribution in [0.2, 0.25) is 0 Å². The molecule has 0 unspecified atom stereocenters. The summed E-state index contributed by atoms with van der Waals surface area (Å²) in [6, 6.07) is 0. The molecule has 7 heavy (non-hydrogen) atoms. The van der Waals surface area contributed by atoms with E-state index in [9.17, 15) is 4.91 Å². The molecule has 0 bridgehead atoms. The van der Waals surface area contributed by atoms with Crippen LogP contribution in [-0.4, -0.2) is 54.2 Å². The Morgan fingerprint density at radius 3 is 2.86 bits per heavy atom. The molecule has 1 aromatic rings. The number of nitrogens with one attached hydrogen (secondary N) is 1. The fourth-order valence-electron chi connectivity index (χ4n) is 0.279. The van der Waals surface area contributed by atoms with Gasteiger partial charge in [-0.15, -0.1) is 0 Å². The van der Waals surface area contributed by atoms with Crippen molar-refractivity contribution < 1.29 is 9.06 Å². The average Bonchev–Trinajstić information content (AvgIpc) is 1.91. The number of aromatic nitrogens is 2. The van der Waals surface area contributed by atoms with Crippen molar-refractivity contribution in [3.05, 3.63) is 11.2 Å². The Kier molecular flexibility index (Phi) is 1.82. The Hall–Kier alpha value is 0.576. The van der Waals surface area contributed by atoms with Gasteiger partial charge in [-0.3, -0.25) is 0 Å². The van der Waals surface area contributed by atoms with Crippen LogP contribution in [0.5, 0.6) is 0 Å². The van der Waals surface area contributed by atoms with E-state index in [4.69, 9.17) is 0 Å². The molecular formula is C2H2KN2O2+. The standard InChI is InChI=1S/C2H2N2O2.K/c5-4-1-2-6-3-4;/h2H,(H,3,5);/q+1;.